The number of hydrogen-bond acceptors (Lipinski definition) is 5. The maximum absolute atomic E-state index is 12.0. The van der Waals surface area contributed by atoms with Gasteiger partial charge < -0.3 is 21.5 Å². The molecule has 5 N–H and O–H groups in total. The first-order chi connectivity index (χ1) is 9.49. The molecule has 106 valence electrons. The molecule has 1 aromatic heterocycles. The zero-order valence-electron chi connectivity index (χ0n) is 10.9. The van der Waals surface area contributed by atoms with Gasteiger partial charge in [0.25, 0.3) is 5.91 Å². The zero-order chi connectivity index (χ0) is 14.7. The van der Waals surface area contributed by atoms with Crippen molar-refractivity contribution in [2.45, 2.75) is 6.92 Å². The largest absolute Gasteiger partial charge is 0.448 e. The van der Waals surface area contributed by atoms with Crippen LogP contribution in [-0.4, -0.2) is 25.2 Å². The van der Waals surface area contributed by atoms with Crippen molar-refractivity contribution in [2.75, 3.05) is 18.9 Å². The SMILES string of the molecule is Cc1ccc2c(N)c(C(=O)NCCOC(N)=O)sc2c1. The number of thiophene rings is 1. The van der Waals surface area contributed by atoms with Crippen LogP contribution in [0.2, 0.25) is 0 Å². The minimum atomic E-state index is -0.865. The average Bonchev–Trinajstić information content (AvgIpc) is 2.71. The summed E-state index contributed by atoms with van der Waals surface area (Å²) >= 11 is 1.34. The standard InChI is InChI=1S/C13H15N3O3S/c1-7-2-3-8-9(6-7)20-11(10(8)14)12(17)16-4-5-19-13(15)18/h2-3,6H,4-5,14H2,1H3,(H2,15,18)(H,16,17). The number of nitrogen functional groups attached to an aromatic ring is 1. The molecule has 6 nitrogen and oxygen atoms in total. The number of primary amides is 1. The number of amides is 2. The molecule has 0 saturated carbocycles. The molecular formula is C13H15N3O3S. The van der Waals surface area contributed by atoms with Crippen LogP contribution in [0.15, 0.2) is 18.2 Å². The van der Waals surface area contributed by atoms with E-state index in [-0.39, 0.29) is 19.1 Å². The Kier molecular flexibility index (Phi) is 4.09. The van der Waals surface area contributed by atoms with E-state index in [1.54, 1.807) is 0 Å². The second-order valence-corrected chi connectivity index (χ2v) is 5.32. The summed E-state index contributed by atoms with van der Waals surface area (Å²) in [6.07, 6.45) is -0.865. The van der Waals surface area contributed by atoms with Gasteiger partial charge in [-0.3, -0.25) is 4.79 Å². The third kappa shape index (κ3) is 3.00. The Labute approximate surface area is 119 Å². The molecule has 0 aliphatic heterocycles. The summed E-state index contributed by atoms with van der Waals surface area (Å²) in [6, 6.07) is 5.85. The minimum absolute atomic E-state index is 0.0327. The fraction of sp³-hybridized carbons (Fsp3) is 0.231. The number of aryl methyl sites for hydroxylation is 1. The highest BCUT2D eigenvalue weighted by molar-refractivity contribution is 7.21. The lowest BCUT2D eigenvalue weighted by Crippen LogP contribution is -2.28. The van der Waals surface area contributed by atoms with Crippen molar-refractivity contribution in [3.63, 3.8) is 0 Å². The van der Waals surface area contributed by atoms with Crippen LogP contribution in [-0.2, 0) is 4.74 Å². The van der Waals surface area contributed by atoms with E-state index in [0.717, 1.165) is 15.6 Å². The summed E-state index contributed by atoms with van der Waals surface area (Å²) in [5.74, 6) is -0.283. The molecule has 2 aromatic rings. The molecule has 0 fully saturated rings. The molecule has 0 radical (unpaired) electrons. The Morgan fingerprint density at radius 1 is 1.40 bits per heavy atom. The van der Waals surface area contributed by atoms with Gasteiger partial charge in [-0.1, -0.05) is 12.1 Å². The Balaban J connectivity index is 2.10. The Hall–Kier alpha value is -2.28. The molecule has 7 heteroatoms. The predicted molar refractivity (Wildman–Crippen MR) is 78.8 cm³/mol. The number of fused-ring (bicyclic) bond motifs is 1. The maximum Gasteiger partial charge on any atom is 0.404 e. The number of carbonyl (C=O) groups is 2. The van der Waals surface area contributed by atoms with Crippen LogP contribution >= 0.6 is 11.3 Å². The third-order valence-corrected chi connectivity index (χ3v) is 3.89. The van der Waals surface area contributed by atoms with Gasteiger partial charge in [-0.2, -0.15) is 0 Å². The fourth-order valence-corrected chi connectivity index (χ4v) is 2.93. The van der Waals surface area contributed by atoms with Crippen molar-refractivity contribution < 1.29 is 14.3 Å². The first-order valence-electron chi connectivity index (χ1n) is 5.98. The molecule has 0 unspecified atom stereocenters. The van der Waals surface area contributed by atoms with Crippen molar-refractivity contribution in [2.24, 2.45) is 5.73 Å². The number of nitrogens with two attached hydrogens (primary N) is 2. The van der Waals surface area contributed by atoms with E-state index < -0.39 is 6.09 Å². The van der Waals surface area contributed by atoms with E-state index in [0.29, 0.717) is 10.6 Å². The van der Waals surface area contributed by atoms with Gasteiger partial charge >= 0.3 is 6.09 Å². The van der Waals surface area contributed by atoms with E-state index in [1.165, 1.54) is 11.3 Å². The fourth-order valence-electron chi connectivity index (χ4n) is 1.79. The second kappa shape index (κ2) is 5.79. The highest BCUT2D eigenvalue weighted by atomic mass is 32.1. The second-order valence-electron chi connectivity index (χ2n) is 4.27. The highest BCUT2D eigenvalue weighted by Crippen LogP contribution is 2.33. The molecule has 0 atom stereocenters. The topological polar surface area (TPSA) is 107 Å². The van der Waals surface area contributed by atoms with Crippen molar-refractivity contribution in [1.82, 2.24) is 5.32 Å². The Morgan fingerprint density at radius 2 is 2.15 bits per heavy atom. The lowest BCUT2D eigenvalue weighted by Gasteiger charge is -2.04. The highest BCUT2D eigenvalue weighted by Gasteiger charge is 2.16. The first-order valence-corrected chi connectivity index (χ1v) is 6.79. The molecule has 2 amide bonds. The van der Waals surface area contributed by atoms with Crippen molar-refractivity contribution in [1.29, 1.82) is 0 Å². The van der Waals surface area contributed by atoms with Crippen LogP contribution < -0.4 is 16.8 Å². The average molecular weight is 293 g/mol. The molecule has 0 spiro atoms. The summed E-state index contributed by atoms with van der Waals surface area (Å²) in [4.78, 5) is 22.9. The van der Waals surface area contributed by atoms with E-state index in [2.05, 4.69) is 10.1 Å². The summed E-state index contributed by atoms with van der Waals surface area (Å²) in [5, 5.41) is 3.50. The normalized spacial score (nSPS) is 10.4. The van der Waals surface area contributed by atoms with Crippen molar-refractivity contribution in [3.05, 3.63) is 28.6 Å². The molecule has 0 bridgehead atoms. The van der Waals surface area contributed by atoms with E-state index >= 15 is 0 Å². The van der Waals surface area contributed by atoms with Crippen LogP contribution in [0.3, 0.4) is 0 Å². The summed E-state index contributed by atoms with van der Waals surface area (Å²) in [7, 11) is 0. The third-order valence-electron chi connectivity index (χ3n) is 2.72. The maximum atomic E-state index is 12.0. The molecule has 20 heavy (non-hydrogen) atoms. The van der Waals surface area contributed by atoms with Crippen LogP contribution in [0.5, 0.6) is 0 Å². The Morgan fingerprint density at radius 3 is 2.85 bits per heavy atom. The van der Waals surface area contributed by atoms with Gasteiger partial charge in [0, 0.05) is 10.1 Å². The van der Waals surface area contributed by atoms with Gasteiger partial charge in [-0.05, 0) is 18.6 Å². The molecular weight excluding hydrogens is 278 g/mol. The van der Waals surface area contributed by atoms with Gasteiger partial charge in [-0.25, -0.2) is 4.79 Å². The smallest absolute Gasteiger partial charge is 0.404 e. The number of hydrogen-bond donors (Lipinski definition) is 3. The van der Waals surface area contributed by atoms with Crippen LogP contribution in [0, 0.1) is 6.92 Å². The van der Waals surface area contributed by atoms with Gasteiger partial charge in [0.2, 0.25) is 0 Å². The number of benzene rings is 1. The molecule has 0 aliphatic rings. The summed E-state index contributed by atoms with van der Waals surface area (Å²) in [5.41, 5.74) is 12.4. The van der Waals surface area contributed by atoms with Crippen molar-refractivity contribution in [3.8, 4) is 0 Å². The molecule has 1 aromatic carbocycles. The predicted octanol–water partition coefficient (Wildman–Crippen LogP) is 1.62. The molecule has 0 saturated heterocycles. The van der Waals surface area contributed by atoms with Gasteiger partial charge in [0.05, 0.1) is 12.2 Å². The van der Waals surface area contributed by atoms with Gasteiger partial charge in [0.1, 0.15) is 11.5 Å². The van der Waals surface area contributed by atoms with E-state index in [9.17, 15) is 9.59 Å². The van der Waals surface area contributed by atoms with Gasteiger partial charge in [-0.15, -0.1) is 11.3 Å². The lowest BCUT2D eigenvalue weighted by molar-refractivity contribution is 0.0941. The molecule has 0 aliphatic carbocycles. The number of nitrogens with one attached hydrogen (secondary N) is 1. The summed E-state index contributed by atoms with van der Waals surface area (Å²) in [6.45, 7) is 2.20. The van der Waals surface area contributed by atoms with E-state index in [4.69, 9.17) is 11.5 Å². The monoisotopic (exact) mass is 293 g/mol. The first kappa shape index (κ1) is 14.1. The van der Waals surface area contributed by atoms with Crippen LogP contribution in [0.4, 0.5) is 10.5 Å². The number of ether oxygens (including phenoxy) is 1. The Bertz CT molecular complexity index is 666. The number of rotatable bonds is 4. The minimum Gasteiger partial charge on any atom is -0.448 e. The molecule has 2 rings (SSSR count). The van der Waals surface area contributed by atoms with Gasteiger partial charge in [0.15, 0.2) is 0 Å². The number of carbonyl (C=O) groups excluding carboxylic acids is 2. The number of anilines is 1. The van der Waals surface area contributed by atoms with Crippen molar-refractivity contribution >= 4 is 39.1 Å². The lowest BCUT2D eigenvalue weighted by atomic mass is 10.1. The zero-order valence-corrected chi connectivity index (χ0v) is 11.8. The van der Waals surface area contributed by atoms with Crippen LogP contribution in [0.25, 0.3) is 10.1 Å². The molecule has 1 heterocycles. The van der Waals surface area contributed by atoms with Crippen LogP contribution in [0.1, 0.15) is 15.2 Å². The summed E-state index contributed by atoms with van der Waals surface area (Å²) < 4.78 is 5.50. The van der Waals surface area contributed by atoms with E-state index in [1.807, 2.05) is 25.1 Å². The quantitative estimate of drug-likeness (QED) is 0.744.